The minimum absolute atomic E-state index is 0.351. The van der Waals surface area contributed by atoms with Crippen LogP contribution in [0.15, 0.2) is 78.9 Å². The topological polar surface area (TPSA) is 34.9 Å². The molecule has 1 aromatic heterocycles. The van der Waals surface area contributed by atoms with Crippen molar-refractivity contribution in [3.63, 3.8) is 0 Å². The number of aryl methyl sites for hydroxylation is 1. The second-order valence-corrected chi connectivity index (χ2v) is 7.14. The molecule has 0 unspecified atom stereocenters. The van der Waals surface area contributed by atoms with E-state index in [0.29, 0.717) is 22.4 Å². The third-order valence-corrected chi connectivity index (χ3v) is 5.30. The first-order valence-electron chi connectivity index (χ1n) is 9.51. The lowest BCUT2D eigenvalue weighted by molar-refractivity contribution is 0.0958. The number of imidazole rings is 1. The Morgan fingerprint density at radius 3 is 2.30 bits per heavy atom. The first-order valence-corrected chi connectivity index (χ1v) is 9.51. The number of fused-ring (bicyclic) bond motifs is 2. The lowest BCUT2D eigenvalue weighted by atomic mass is 10.0. The minimum Gasteiger partial charge on any atom is -0.268 e. The largest absolute Gasteiger partial charge is 0.270 e. The second-order valence-electron chi connectivity index (χ2n) is 7.14. The van der Waals surface area contributed by atoms with Gasteiger partial charge in [0.15, 0.2) is 0 Å². The monoisotopic (exact) mass is 398 g/mol. The Labute approximate surface area is 171 Å². The zero-order chi connectivity index (χ0) is 20.8. The van der Waals surface area contributed by atoms with Crippen molar-refractivity contribution in [2.24, 2.45) is 0 Å². The number of benzene rings is 4. The van der Waals surface area contributed by atoms with Gasteiger partial charge in [-0.05, 0) is 41.5 Å². The molecular formula is C25H16F2N2O. The molecule has 5 heteroatoms. The van der Waals surface area contributed by atoms with Gasteiger partial charge in [-0.15, -0.1) is 0 Å². The van der Waals surface area contributed by atoms with Crippen molar-refractivity contribution in [3.05, 3.63) is 102 Å². The van der Waals surface area contributed by atoms with E-state index in [1.807, 2.05) is 55.5 Å². The third kappa shape index (κ3) is 2.70. The average molecular weight is 398 g/mol. The Bertz CT molecular complexity index is 1430. The van der Waals surface area contributed by atoms with Crippen LogP contribution < -0.4 is 0 Å². The first kappa shape index (κ1) is 18.2. The van der Waals surface area contributed by atoms with Gasteiger partial charge in [-0.2, -0.15) is 0 Å². The number of nitrogens with zero attached hydrogens (tertiary/aromatic N) is 2. The first-order chi connectivity index (χ1) is 14.6. The summed E-state index contributed by atoms with van der Waals surface area (Å²) in [6.07, 6.45) is 0. The van der Waals surface area contributed by atoms with Crippen LogP contribution >= 0.6 is 0 Å². The van der Waals surface area contributed by atoms with Crippen molar-refractivity contribution < 1.29 is 13.6 Å². The van der Waals surface area contributed by atoms with Crippen molar-refractivity contribution in [2.45, 2.75) is 6.92 Å². The summed E-state index contributed by atoms with van der Waals surface area (Å²) in [6.45, 7) is 1.89. The highest BCUT2D eigenvalue weighted by Crippen LogP contribution is 2.33. The zero-order valence-electron chi connectivity index (χ0n) is 16.1. The van der Waals surface area contributed by atoms with Crippen LogP contribution in [0.5, 0.6) is 0 Å². The molecule has 146 valence electrons. The molecule has 1 heterocycles. The van der Waals surface area contributed by atoms with Crippen molar-refractivity contribution in [1.29, 1.82) is 0 Å². The number of rotatable bonds is 2. The van der Waals surface area contributed by atoms with Crippen LogP contribution in [0.2, 0.25) is 0 Å². The third-order valence-electron chi connectivity index (χ3n) is 5.30. The summed E-state index contributed by atoms with van der Waals surface area (Å²) in [7, 11) is 0. The van der Waals surface area contributed by atoms with Crippen LogP contribution in [0.4, 0.5) is 8.78 Å². The van der Waals surface area contributed by atoms with Gasteiger partial charge in [0.25, 0.3) is 5.91 Å². The fourth-order valence-electron chi connectivity index (χ4n) is 3.86. The van der Waals surface area contributed by atoms with Crippen molar-refractivity contribution in [1.82, 2.24) is 9.55 Å². The van der Waals surface area contributed by atoms with Crippen LogP contribution in [-0.2, 0) is 0 Å². The molecule has 0 bridgehead atoms. The molecule has 30 heavy (non-hydrogen) atoms. The highest BCUT2D eigenvalue weighted by Gasteiger charge is 2.25. The molecule has 0 N–H and O–H groups in total. The molecule has 0 spiro atoms. The highest BCUT2D eigenvalue weighted by atomic mass is 19.1. The fourth-order valence-corrected chi connectivity index (χ4v) is 3.86. The maximum atomic E-state index is 14.5. The van der Waals surface area contributed by atoms with E-state index < -0.39 is 23.1 Å². The molecular weight excluding hydrogens is 382 g/mol. The summed E-state index contributed by atoms with van der Waals surface area (Å²) >= 11 is 0. The van der Waals surface area contributed by atoms with Gasteiger partial charge in [-0.3, -0.25) is 9.36 Å². The van der Waals surface area contributed by atoms with E-state index in [1.165, 1.54) is 10.6 Å². The lowest BCUT2D eigenvalue weighted by Crippen LogP contribution is -2.17. The smallest absolute Gasteiger partial charge is 0.268 e. The summed E-state index contributed by atoms with van der Waals surface area (Å²) in [5.41, 5.74) is 2.11. The molecule has 0 radical (unpaired) electrons. The molecule has 0 atom stereocenters. The van der Waals surface area contributed by atoms with Crippen molar-refractivity contribution in [3.8, 4) is 11.4 Å². The molecule has 0 aliphatic carbocycles. The van der Waals surface area contributed by atoms with E-state index in [2.05, 4.69) is 0 Å². The quantitative estimate of drug-likeness (QED) is 0.358. The van der Waals surface area contributed by atoms with Gasteiger partial charge in [0.2, 0.25) is 0 Å². The van der Waals surface area contributed by atoms with Gasteiger partial charge in [-0.1, -0.05) is 60.7 Å². The number of para-hydroxylation sites is 1. The number of hydrogen-bond acceptors (Lipinski definition) is 2. The van der Waals surface area contributed by atoms with Gasteiger partial charge in [0.1, 0.15) is 23.0 Å². The molecule has 3 nitrogen and oxygen atoms in total. The van der Waals surface area contributed by atoms with Gasteiger partial charge >= 0.3 is 0 Å². The van der Waals surface area contributed by atoms with Crippen LogP contribution in [0.1, 0.15) is 15.9 Å². The van der Waals surface area contributed by atoms with Gasteiger partial charge in [0, 0.05) is 5.56 Å². The number of halogens is 2. The molecule has 5 aromatic rings. The molecule has 4 aromatic carbocycles. The summed E-state index contributed by atoms with van der Waals surface area (Å²) < 4.78 is 30.2. The summed E-state index contributed by atoms with van der Waals surface area (Å²) in [4.78, 5) is 18.2. The van der Waals surface area contributed by atoms with E-state index in [4.69, 9.17) is 4.98 Å². The molecule has 0 amide bonds. The van der Waals surface area contributed by atoms with E-state index in [0.717, 1.165) is 28.5 Å². The molecule has 0 fully saturated rings. The normalized spacial score (nSPS) is 11.3. The number of carbonyl (C=O) groups excluding carboxylic acids is 1. The second kappa shape index (κ2) is 6.88. The van der Waals surface area contributed by atoms with E-state index in [9.17, 15) is 13.6 Å². The lowest BCUT2D eigenvalue weighted by Gasteiger charge is -2.11. The maximum Gasteiger partial charge on any atom is 0.270 e. The van der Waals surface area contributed by atoms with E-state index >= 15 is 0 Å². The fraction of sp³-hybridized carbons (Fsp3) is 0.0400. The Hall–Kier alpha value is -3.86. The predicted molar refractivity (Wildman–Crippen MR) is 113 cm³/mol. The number of carbonyl (C=O) groups is 1. The van der Waals surface area contributed by atoms with Crippen molar-refractivity contribution >= 4 is 27.7 Å². The summed E-state index contributed by atoms with van der Waals surface area (Å²) in [6, 6.07) is 22.3. The predicted octanol–water partition coefficient (Wildman–Crippen LogP) is 6.13. The standard InChI is InChI=1S/C25H16F2N2O/c1-15-7-4-14-21-23(15)28-24(18-11-5-9-16-8-2-3-10-17(16)18)29(21)25(30)22-19(26)12-6-13-20(22)27/h2-14H,1H3. The summed E-state index contributed by atoms with van der Waals surface area (Å²) in [5.74, 6) is -2.25. The van der Waals surface area contributed by atoms with Crippen molar-refractivity contribution in [2.75, 3.05) is 0 Å². The molecule has 0 aliphatic heterocycles. The molecule has 5 rings (SSSR count). The molecule has 0 saturated carbocycles. The van der Waals surface area contributed by atoms with E-state index in [1.54, 1.807) is 12.1 Å². The molecule has 0 aliphatic rings. The van der Waals surface area contributed by atoms with Gasteiger partial charge in [-0.25, -0.2) is 13.8 Å². The number of aromatic nitrogens is 2. The highest BCUT2D eigenvalue weighted by molar-refractivity contribution is 6.07. The average Bonchev–Trinajstić information content (AvgIpc) is 3.14. The van der Waals surface area contributed by atoms with E-state index in [-0.39, 0.29) is 0 Å². The van der Waals surface area contributed by atoms with Crippen LogP contribution in [-0.4, -0.2) is 15.5 Å². The maximum absolute atomic E-state index is 14.5. The van der Waals surface area contributed by atoms with Crippen LogP contribution in [0.3, 0.4) is 0 Å². The van der Waals surface area contributed by atoms with Crippen LogP contribution in [0.25, 0.3) is 33.2 Å². The summed E-state index contributed by atoms with van der Waals surface area (Å²) in [5, 5.41) is 1.88. The Morgan fingerprint density at radius 2 is 1.50 bits per heavy atom. The van der Waals surface area contributed by atoms with Gasteiger partial charge < -0.3 is 0 Å². The van der Waals surface area contributed by atoms with Gasteiger partial charge in [0.05, 0.1) is 11.0 Å². The Morgan fingerprint density at radius 1 is 0.833 bits per heavy atom. The Balaban J connectivity index is 1.88. The minimum atomic E-state index is -0.904. The van der Waals surface area contributed by atoms with Crippen LogP contribution in [0, 0.1) is 18.6 Å². The number of hydrogen-bond donors (Lipinski definition) is 0. The SMILES string of the molecule is Cc1cccc2c1nc(-c1cccc3ccccc13)n2C(=O)c1c(F)cccc1F. The Kier molecular flexibility index (Phi) is 4.17. The molecule has 0 saturated heterocycles. The zero-order valence-corrected chi connectivity index (χ0v) is 16.1.